The van der Waals surface area contributed by atoms with Gasteiger partial charge in [0.2, 0.25) is 0 Å². The quantitative estimate of drug-likeness (QED) is 0.348. The van der Waals surface area contributed by atoms with Crippen molar-refractivity contribution in [3.05, 3.63) is 81.9 Å². The van der Waals surface area contributed by atoms with Crippen LogP contribution in [0.2, 0.25) is 5.02 Å². The fourth-order valence-electron chi connectivity index (χ4n) is 9.10. The second-order valence-electron chi connectivity index (χ2n) is 14.3. The molecule has 238 valence electrons. The normalized spacial score (nSPS) is 31.3. The van der Waals surface area contributed by atoms with E-state index in [9.17, 15) is 0 Å². The molecule has 2 heterocycles. The van der Waals surface area contributed by atoms with Crippen LogP contribution < -0.4 is 10.2 Å². The van der Waals surface area contributed by atoms with Gasteiger partial charge in [-0.2, -0.15) is 0 Å². The van der Waals surface area contributed by atoms with E-state index in [4.69, 9.17) is 11.6 Å². The summed E-state index contributed by atoms with van der Waals surface area (Å²) < 4.78 is 0. The number of benzene rings is 2. The Bertz CT molecular complexity index is 1350. The summed E-state index contributed by atoms with van der Waals surface area (Å²) in [6, 6.07) is 14.7. The molecule has 4 aliphatic rings. The minimum Gasteiger partial charge on any atom is -0.383 e. The van der Waals surface area contributed by atoms with Crippen molar-refractivity contribution in [3.63, 3.8) is 0 Å². The maximum atomic E-state index is 6.54. The molecule has 44 heavy (non-hydrogen) atoms. The van der Waals surface area contributed by atoms with E-state index in [-0.39, 0.29) is 5.41 Å². The third-order valence-corrected chi connectivity index (χ3v) is 12.0. The van der Waals surface area contributed by atoms with Crippen LogP contribution in [0, 0.1) is 17.8 Å². The largest absolute Gasteiger partial charge is 0.383 e. The molecule has 3 nitrogen and oxygen atoms in total. The number of anilines is 1. The Morgan fingerprint density at radius 3 is 2.68 bits per heavy atom. The molecule has 6 rings (SSSR count). The van der Waals surface area contributed by atoms with Crippen molar-refractivity contribution in [2.45, 2.75) is 103 Å². The molecule has 2 aromatic carbocycles. The van der Waals surface area contributed by atoms with Gasteiger partial charge in [-0.05, 0) is 136 Å². The number of nitrogens with one attached hydrogen (secondary N) is 1. The molecular weight excluding hydrogens is 558 g/mol. The van der Waals surface area contributed by atoms with E-state index >= 15 is 0 Å². The van der Waals surface area contributed by atoms with Gasteiger partial charge in [-0.15, -0.1) is 0 Å². The average molecular weight is 614 g/mol. The van der Waals surface area contributed by atoms with Crippen molar-refractivity contribution < 1.29 is 0 Å². The van der Waals surface area contributed by atoms with Crippen LogP contribution in [0.4, 0.5) is 5.69 Å². The molecule has 0 radical (unpaired) electrons. The zero-order valence-corrected chi connectivity index (χ0v) is 28.6. The van der Waals surface area contributed by atoms with Crippen molar-refractivity contribution in [2.75, 3.05) is 37.6 Å². The van der Waals surface area contributed by atoms with Gasteiger partial charge >= 0.3 is 0 Å². The zero-order chi connectivity index (χ0) is 30.7. The molecule has 2 bridgehead atoms. The van der Waals surface area contributed by atoms with Gasteiger partial charge < -0.3 is 10.2 Å². The first-order chi connectivity index (χ1) is 21.4. The van der Waals surface area contributed by atoms with Gasteiger partial charge in [-0.1, -0.05) is 68.8 Å². The first kappa shape index (κ1) is 31.7. The number of aryl methyl sites for hydroxylation is 2. The lowest BCUT2D eigenvalue weighted by Gasteiger charge is -2.47. The highest BCUT2D eigenvalue weighted by molar-refractivity contribution is 6.30. The summed E-state index contributed by atoms with van der Waals surface area (Å²) >= 11 is 6.54. The van der Waals surface area contributed by atoms with Crippen LogP contribution in [0.25, 0.3) is 5.70 Å². The molecule has 2 aliphatic carbocycles. The van der Waals surface area contributed by atoms with Crippen LogP contribution in [0.1, 0.15) is 101 Å². The number of nitrogens with zero attached hydrogens (tertiary/aromatic N) is 2. The fraction of sp³-hybridized carbons (Fsp3) is 0.600. The third-order valence-electron chi connectivity index (χ3n) is 11.8. The highest BCUT2D eigenvalue weighted by Gasteiger charge is 2.43. The maximum Gasteiger partial charge on any atom is 0.0408 e. The molecule has 4 heteroatoms. The summed E-state index contributed by atoms with van der Waals surface area (Å²) in [5.74, 6) is 2.26. The second kappa shape index (κ2) is 14.0. The topological polar surface area (TPSA) is 18.5 Å². The smallest absolute Gasteiger partial charge is 0.0408 e. The second-order valence-corrected chi connectivity index (χ2v) is 14.8. The van der Waals surface area contributed by atoms with E-state index in [1.54, 1.807) is 5.56 Å². The Morgan fingerprint density at radius 1 is 1.02 bits per heavy atom. The van der Waals surface area contributed by atoms with Crippen molar-refractivity contribution in [2.24, 2.45) is 17.8 Å². The molecule has 5 atom stereocenters. The Morgan fingerprint density at radius 2 is 1.91 bits per heavy atom. The minimum absolute atomic E-state index is 0.193. The lowest BCUT2D eigenvalue weighted by atomic mass is 9.65. The first-order valence-corrected chi connectivity index (χ1v) is 18.3. The molecule has 5 unspecified atom stereocenters. The average Bonchev–Trinajstić information content (AvgIpc) is 3.16. The molecule has 0 aromatic heterocycles. The molecule has 0 saturated heterocycles. The zero-order valence-electron chi connectivity index (χ0n) is 27.9. The van der Waals surface area contributed by atoms with Crippen LogP contribution in [-0.4, -0.2) is 43.7 Å². The van der Waals surface area contributed by atoms with E-state index in [2.05, 4.69) is 97.4 Å². The van der Waals surface area contributed by atoms with Gasteiger partial charge in [-0.25, -0.2) is 0 Å². The number of hydrogen-bond donors (Lipinski definition) is 1. The summed E-state index contributed by atoms with van der Waals surface area (Å²) in [6.07, 6.45) is 19.8. The van der Waals surface area contributed by atoms with E-state index in [0.29, 0.717) is 12.0 Å². The van der Waals surface area contributed by atoms with Gasteiger partial charge in [0.05, 0.1) is 0 Å². The number of halogens is 1. The SMILES string of the molecule is CC/C=C1/NCC(C)N(CC)CC/C=C/C(CC)C2CCC2CN2CC3(CCCc4cc(Cl)ccc43)CCc3ccc1cc32. The summed E-state index contributed by atoms with van der Waals surface area (Å²) in [4.78, 5) is 5.51. The molecule has 0 amide bonds. The molecular formula is C40H56ClN3. The summed E-state index contributed by atoms with van der Waals surface area (Å²) in [5, 5.41) is 4.80. The number of likely N-dealkylation sites (N-methyl/N-ethyl adjacent to an activating group) is 1. The van der Waals surface area contributed by atoms with E-state index in [1.807, 2.05) is 0 Å². The van der Waals surface area contributed by atoms with Gasteiger partial charge in [0.25, 0.3) is 0 Å². The van der Waals surface area contributed by atoms with Gasteiger partial charge in [0.1, 0.15) is 0 Å². The Hall–Kier alpha value is -2.23. The molecule has 2 aliphatic heterocycles. The predicted molar refractivity (Wildman–Crippen MR) is 190 cm³/mol. The summed E-state index contributed by atoms with van der Waals surface area (Å²) in [5.41, 5.74) is 8.93. The van der Waals surface area contributed by atoms with E-state index < -0.39 is 0 Å². The van der Waals surface area contributed by atoms with Crippen molar-refractivity contribution in [1.82, 2.24) is 10.2 Å². The van der Waals surface area contributed by atoms with Crippen LogP contribution in [-0.2, 0) is 18.3 Å². The van der Waals surface area contributed by atoms with Gasteiger partial charge in [0, 0.05) is 54.0 Å². The third kappa shape index (κ3) is 6.52. The van der Waals surface area contributed by atoms with Gasteiger partial charge in [-0.3, -0.25) is 4.90 Å². The molecule has 1 saturated carbocycles. The van der Waals surface area contributed by atoms with Crippen LogP contribution in [0.5, 0.6) is 0 Å². The lowest BCUT2D eigenvalue weighted by molar-refractivity contribution is 0.127. The number of allylic oxidation sites excluding steroid dienone is 2. The monoisotopic (exact) mass is 613 g/mol. The molecule has 1 spiro atoms. The highest BCUT2D eigenvalue weighted by atomic mass is 35.5. The molecule has 1 fully saturated rings. The fourth-order valence-corrected chi connectivity index (χ4v) is 9.29. The Kier molecular flexibility index (Phi) is 10.1. The Balaban J connectivity index is 1.41. The number of fused-ring (bicyclic) bond motifs is 4. The van der Waals surface area contributed by atoms with Crippen LogP contribution in [0.3, 0.4) is 0 Å². The van der Waals surface area contributed by atoms with E-state index in [0.717, 1.165) is 68.7 Å². The van der Waals surface area contributed by atoms with Crippen LogP contribution >= 0.6 is 11.6 Å². The lowest BCUT2D eigenvalue weighted by Crippen LogP contribution is -2.47. The van der Waals surface area contributed by atoms with Gasteiger partial charge in [0.15, 0.2) is 0 Å². The molecule has 2 aromatic rings. The van der Waals surface area contributed by atoms with E-state index in [1.165, 1.54) is 73.1 Å². The summed E-state index contributed by atoms with van der Waals surface area (Å²) in [6.45, 7) is 14.9. The van der Waals surface area contributed by atoms with Crippen LogP contribution in [0.15, 0.2) is 54.6 Å². The molecule has 1 N–H and O–H groups in total. The van der Waals surface area contributed by atoms with Crippen molar-refractivity contribution in [1.29, 1.82) is 0 Å². The summed E-state index contributed by atoms with van der Waals surface area (Å²) in [7, 11) is 0. The predicted octanol–water partition coefficient (Wildman–Crippen LogP) is 9.43. The Labute approximate surface area is 273 Å². The number of rotatable bonds is 3. The minimum atomic E-state index is 0.193. The first-order valence-electron chi connectivity index (χ1n) is 18.0. The van der Waals surface area contributed by atoms with Crippen molar-refractivity contribution in [3.8, 4) is 0 Å². The number of hydrogen-bond acceptors (Lipinski definition) is 3. The maximum absolute atomic E-state index is 6.54. The van der Waals surface area contributed by atoms with Crippen molar-refractivity contribution >= 4 is 23.0 Å². The standard InChI is InChI=1S/C40H56ClN3/c1-5-11-38-33-15-14-31-20-22-40(21-10-13-32-24-35(41)17-19-37(32)40)28-44(39(31)25-33)27-34-16-18-36(34)30(6-2)12-8-9-23-43(7-3)29(4)26-42-38/h8,11-12,14-15,17,19,24-25,29-30,34,36,42H,5-7,9-10,13,16,18,20-23,26-28H2,1-4H3/b12-8+,38-11+. The highest BCUT2D eigenvalue weighted by Crippen LogP contribution is 2.48.